The molecule has 1 saturated carbocycles. The summed E-state index contributed by atoms with van der Waals surface area (Å²) in [5.74, 6) is 0.0931. The molecule has 1 saturated heterocycles. The van der Waals surface area contributed by atoms with Gasteiger partial charge in [-0.15, -0.1) is 0 Å². The average molecular weight is 402 g/mol. The maximum absolute atomic E-state index is 12.3. The summed E-state index contributed by atoms with van der Waals surface area (Å²) in [4.78, 5) is 37.9. The molecule has 2 fully saturated rings. The monoisotopic (exact) mass is 401 g/mol. The molecule has 2 unspecified atom stereocenters. The lowest BCUT2D eigenvalue weighted by Crippen LogP contribution is -2.33. The standard InChI is InChI=1S/C21H27N3O3S/c1-23-17-8-7-14(13-18(17)28-21(23)27)9-11-22-10-2-3-12-24-19(25)15-5-4-6-16(15)20(24)26/h7-8,13,15-16,22H,2-6,9-12H2,1H3. The van der Waals surface area contributed by atoms with Gasteiger partial charge in [0.1, 0.15) is 0 Å². The molecule has 0 spiro atoms. The largest absolute Gasteiger partial charge is 0.316 e. The van der Waals surface area contributed by atoms with Crippen LogP contribution in [-0.4, -0.2) is 40.9 Å². The molecule has 6 nitrogen and oxygen atoms in total. The number of benzene rings is 1. The zero-order valence-corrected chi connectivity index (χ0v) is 17.1. The molecule has 4 rings (SSSR count). The number of unbranched alkanes of at least 4 members (excludes halogenated alkanes) is 1. The molecular weight excluding hydrogens is 374 g/mol. The molecule has 150 valence electrons. The number of imide groups is 1. The maximum atomic E-state index is 12.3. The van der Waals surface area contributed by atoms with Gasteiger partial charge in [-0.3, -0.25) is 19.3 Å². The molecule has 0 radical (unpaired) electrons. The van der Waals surface area contributed by atoms with Crippen LogP contribution in [0.3, 0.4) is 0 Å². The fourth-order valence-electron chi connectivity index (χ4n) is 4.49. The van der Waals surface area contributed by atoms with E-state index in [0.717, 1.165) is 61.8 Å². The van der Waals surface area contributed by atoms with Crippen molar-refractivity contribution < 1.29 is 9.59 Å². The lowest BCUT2D eigenvalue weighted by Gasteiger charge is -2.15. The minimum atomic E-state index is -0.0220. The second kappa shape index (κ2) is 8.17. The first-order valence-electron chi connectivity index (χ1n) is 10.2. The Kier molecular flexibility index (Phi) is 5.64. The van der Waals surface area contributed by atoms with Gasteiger partial charge in [-0.05, 0) is 62.9 Å². The van der Waals surface area contributed by atoms with Crippen molar-refractivity contribution in [3.63, 3.8) is 0 Å². The molecule has 1 aromatic carbocycles. The fraction of sp³-hybridized carbons (Fsp3) is 0.571. The number of carbonyl (C=O) groups is 2. The van der Waals surface area contributed by atoms with Crippen molar-refractivity contribution in [2.75, 3.05) is 19.6 Å². The Morgan fingerprint density at radius 2 is 1.82 bits per heavy atom. The molecule has 2 aliphatic rings. The van der Waals surface area contributed by atoms with Gasteiger partial charge in [0, 0.05) is 13.6 Å². The number of likely N-dealkylation sites (tertiary alicyclic amines) is 1. The smallest absolute Gasteiger partial charge is 0.307 e. The number of nitrogens with one attached hydrogen (secondary N) is 1. The number of amides is 2. The van der Waals surface area contributed by atoms with Crippen LogP contribution >= 0.6 is 11.3 Å². The van der Waals surface area contributed by atoms with Crippen molar-refractivity contribution in [1.29, 1.82) is 0 Å². The van der Waals surface area contributed by atoms with Gasteiger partial charge in [0.15, 0.2) is 0 Å². The molecule has 1 N–H and O–H groups in total. The van der Waals surface area contributed by atoms with Gasteiger partial charge in [-0.2, -0.15) is 0 Å². The van der Waals surface area contributed by atoms with Gasteiger partial charge in [0.05, 0.1) is 22.1 Å². The number of nitrogens with zero attached hydrogens (tertiary/aromatic N) is 2. The van der Waals surface area contributed by atoms with Crippen LogP contribution in [0, 0.1) is 11.8 Å². The minimum Gasteiger partial charge on any atom is -0.316 e. The molecule has 2 heterocycles. The van der Waals surface area contributed by atoms with Crippen LogP contribution in [-0.2, 0) is 23.1 Å². The van der Waals surface area contributed by atoms with Gasteiger partial charge in [0.2, 0.25) is 11.8 Å². The van der Waals surface area contributed by atoms with Gasteiger partial charge in [-0.25, -0.2) is 0 Å². The number of thiazole rings is 1. The van der Waals surface area contributed by atoms with E-state index in [2.05, 4.69) is 17.4 Å². The van der Waals surface area contributed by atoms with E-state index in [1.807, 2.05) is 6.07 Å². The fourth-order valence-corrected chi connectivity index (χ4v) is 5.44. The second-order valence-electron chi connectivity index (χ2n) is 7.91. The lowest BCUT2D eigenvalue weighted by atomic mass is 10.00. The quantitative estimate of drug-likeness (QED) is 0.544. The van der Waals surface area contributed by atoms with Gasteiger partial charge in [-0.1, -0.05) is 23.8 Å². The van der Waals surface area contributed by atoms with Crippen LogP contribution in [0.15, 0.2) is 23.0 Å². The lowest BCUT2D eigenvalue weighted by molar-refractivity contribution is -0.140. The van der Waals surface area contributed by atoms with E-state index >= 15 is 0 Å². The maximum Gasteiger partial charge on any atom is 0.307 e. The summed E-state index contributed by atoms with van der Waals surface area (Å²) < 4.78 is 2.72. The van der Waals surface area contributed by atoms with Crippen LogP contribution in [0.5, 0.6) is 0 Å². The van der Waals surface area contributed by atoms with Gasteiger partial charge >= 0.3 is 4.87 Å². The Bertz CT molecular complexity index is 926. The van der Waals surface area contributed by atoms with Gasteiger partial charge < -0.3 is 9.88 Å². The second-order valence-corrected chi connectivity index (χ2v) is 8.90. The molecule has 0 bridgehead atoms. The topological polar surface area (TPSA) is 71.4 Å². The Hall–Kier alpha value is -1.99. The van der Waals surface area contributed by atoms with E-state index in [9.17, 15) is 14.4 Å². The minimum absolute atomic E-state index is 0.0220. The normalized spacial score (nSPS) is 21.8. The van der Waals surface area contributed by atoms with Gasteiger partial charge in [0.25, 0.3) is 0 Å². The third-order valence-corrected chi connectivity index (χ3v) is 7.11. The highest BCUT2D eigenvalue weighted by Crippen LogP contribution is 2.39. The molecule has 7 heteroatoms. The van der Waals surface area contributed by atoms with Crippen molar-refractivity contribution in [3.05, 3.63) is 33.4 Å². The van der Waals surface area contributed by atoms with E-state index in [1.54, 1.807) is 11.6 Å². The zero-order chi connectivity index (χ0) is 19.7. The van der Waals surface area contributed by atoms with E-state index in [-0.39, 0.29) is 28.5 Å². The molecule has 2 atom stereocenters. The first-order valence-corrected chi connectivity index (χ1v) is 11.0. The summed E-state index contributed by atoms with van der Waals surface area (Å²) in [5, 5.41) is 3.43. The third kappa shape index (κ3) is 3.65. The molecule has 2 amide bonds. The summed E-state index contributed by atoms with van der Waals surface area (Å²) in [7, 11) is 1.80. The molecule has 1 aliphatic heterocycles. The summed E-state index contributed by atoms with van der Waals surface area (Å²) in [6.07, 6.45) is 5.51. The number of carbonyl (C=O) groups excluding carboxylic acids is 2. The number of aromatic nitrogens is 1. The highest BCUT2D eigenvalue weighted by atomic mass is 32.1. The van der Waals surface area contributed by atoms with Crippen LogP contribution < -0.4 is 10.2 Å². The molecular formula is C21H27N3O3S. The number of hydrogen-bond donors (Lipinski definition) is 1. The molecule has 1 aromatic heterocycles. The van der Waals surface area contributed by atoms with Crippen LogP contribution in [0.2, 0.25) is 0 Å². The summed E-state index contributed by atoms with van der Waals surface area (Å²) >= 11 is 1.29. The van der Waals surface area contributed by atoms with E-state index in [4.69, 9.17) is 0 Å². The van der Waals surface area contributed by atoms with Crippen LogP contribution in [0.25, 0.3) is 10.2 Å². The first-order chi connectivity index (χ1) is 13.6. The zero-order valence-electron chi connectivity index (χ0n) is 16.3. The molecule has 28 heavy (non-hydrogen) atoms. The Labute approximate surface area is 168 Å². The highest BCUT2D eigenvalue weighted by molar-refractivity contribution is 7.16. The van der Waals surface area contributed by atoms with Crippen molar-refractivity contribution >= 4 is 33.4 Å². The predicted octanol–water partition coefficient (Wildman–Crippen LogP) is 2.30. The van der Waals surface area contributed by atoms with Crippen LogP contribution in [0.1, 0.15) is 37.7 Å². The molecule has 1 aliphatic carbocycles. The number of rotatable bonds is 8. The summed E-state index contributed by atoms with van der Waals surface area (Å²) in [6, 6.07) is 6.20. The highest BCUT2D eigenvalue weighted by Gasteiger charge is 2.49. The first kappa shape index (κ1) is 19.3. The third-order valence-electron chi connectivity index (χ3n) is 6.11. The van der Waals surface area contributed by atoms with Crippen LogP contribution in [0.4, 0.5) is 0 Å². The number of fused-ring (bicyclic) bond motifs is 2. The molecule has 2 aromatic rings. The predicted molar refractivity (Wildman–Crippen MR) is 110 cm³/mol. The SMILES string of the molecule is Cn1c(=O)sc2cc(CCNCCCCN3C(=O)C4CCCC4C3=O)ccc21. The van der Waals surface area contributed by atoms with E-state index in [0.29, 0.717) is 6.54 Å². The Balaban J connectivity index is 1.15. The Morgan fingerprint density at radius 1 is 1.07 bits per heavy atom. The average Bonchev–Trinajstić information content (AvgIpc) is 3.33. The van der Waals surface area contributed by atoms with Crippen molar-refractivity contribution in [3.8, 4) is 0 Å². The van der Waals surface area contributed by atoms with Crippen molar-refractivity contribution in [2.24, 2.45) is 18.9 Å². The number of hydrogen-bond acceptors (Lipinski definition) is 5. The summed E-state index contributed by atoms with van der Waals surface area (Å²) in [5.41, 5.74) is 2.21. The Morgan fingerprint density at radius 3 is 2.57 bits per heavy atom. The number of aryl methyl sites for hydroxylation is 1. The van der Waals surface area contributed by atoms with E-state index < -0.39 is 0 Å². The van der Waals surface area contributed by atoms with Crippen molar-refractivity contribution in [1.82, 2.24) is 14.8 Å². The van der Waals surface area contributed by atoms with E-state index in [1.165, 1.54) is 21.8 Å². The van der Waals surface area contributed by atoms with Crippen molar-refractivity contribution in [2.45, 2.75) is 38.5 Å². The summed E-state index contributed by atoms with van der Waals surface area (Å²) in [6.45, 7) is 2.32.